The summed E-state index contributed by atoms with van der Waals surface area (Å²) in [6.45, 7) is 1.45. The van der Waals surface area contributed by atoms with Crippen LogP contribution in [0.3, 0.4) is 0 Å². The monoisotopic (exact) mass is 732 g/mol. The van der Waals surface area contributed by atoms with E-state index in [4.69, 9.17) is 14.2 Å². The van der Waals surface area contributed by atoms with Crippen molar-refractivity contribution in [2.45, 2.75) is 51.3 Å². The Balaban J connectivity index is 1.05. The van der Waals surface area contributed by atoms with Crippen molar-refractivity contribution in [1.29, 1.82) is 0 Å². The van der Waals surface area contributed by atoms with Crippen LogP contribution in [0.25, 0.3) is 5.69 Å². The highest BCUT2D eigenvalue weighted by atomic mass is 19.1. The molecule has 276 valence electrons. The lowest BCUT2D eigenvalue weighted by atomic mass is 9.85. The number of tetrazole rings is 1. The molecule has 1 aliphatic heterocycles. The molecule has 53 heavy (non-hydrogen) atoms. The molecule has 5 aromatic rings. The van der Waals surface area contributed by atoms with Crippen LogP contribution in [-0.4, -0.2) is 83.9 Å². The van der Waals surface area contributed by atoms with Gasteiger partial charge >= 0.3 is 18.2 Å². The Hall–Kier alpha value is -6.30. The van der Waals surface area contributed by atoms with Crippen LogP contribution in [0.4, 0.5) is 24.1 Å². The summed E-state index contributed by atoms with van der Waals surface area (Å²) in [6.07, 6.45) is 3.45. The van der Waals surface area contributed by atoms with Gasteiger partial charge in [-0.3, -0.25) is 9.69 Å². The second-order valence-electron chi connectivity index (χ2n) is 12.2. The van der Waals surface area contributed by atoms with E-state index in [0.717, 1.165) is 17.7 Å². The summed E-state index contributed by atoms with van der Waals surface area (Å²) in [5.74, 6) is -2.27. The number of esters is 1. The molecular weight excluding hydrogens is 696 g/mol. The first kappa shape index (κ1) is 36.5. The molecule has 2 atom stereocenters. The minimum atomic E-state index is -2.10. The summed E-state index contributed by atoms with van der Waals surface area (Å²) < 4.78 is 48.8. The van der Waals surface area contributed by atoms with Gasteiger partial charge in [-0.05, 0) is 59.7 Å². The van der Waals surface area contributed by atoms with E-state index in [0.29, 0.717) is 17.4 Å². The SMILES string of the molecule is C[C@@H](N1CCN(c2ccc(-n3cnnn3)cc2)C1=O)[C@](O)(Cn1c[n+](COC(=O)OCCCC(=O)OCc2ccccc2)cn1)c1ccc(F)cc1F. The second-order valence-corrected chi connectivity index (χ2v) is 12.2. The molecule has 2 amide bonds. The quantitative estimate of drug-likeness (QED) is 0.0952. The van der Waals surface area contributed by atoms with Crippen LogP contribution in [0.5, 0.6) is 0 Å². The largest absolute Gasteiger partial charge is 0.511 e. The first-order valence-corrected chi connectivity index (χ1v) is 16.6. The fraction of sp³-hybridized carbons (Fsp3) is 0.314. The van der Waals surface area contributed by atoms with Gasteiger partial charge in [0.25, 0.3) is 6.33 Å². The smallest absolute Gasteiger partial charge is 0.461 e. The van der Waals surface area contributed by atoms with E-state index in [2.05, 4.69) is 20.6 Å². The van der Waals surface area contributed by atoms with Gasteiger partial charge in [0.05, 0.1) is 18.3 Å². The molecule has 3 heterocycles. The highest BCUT2D eigenvalue weighted by molar-refractivity contribution is 5.94. The van der Waals surface area contributed by atoms with Crippen LogP contribution < -0.4 is 9.47 Å². The van der Waals surface area contributed by atoms with Gasteiger partial charge in [0.15, 0.2) is 0 Å². The highest BCUT2D eigenvalue weighted by Gasteiger charge is 2.47. The molecule has 6 rings (SSSR count). The van der Waals surface area contributed by atoms with E-state index in [9.17, 15) is 23.9 Å². The summed E-state index contributed by atoms with van der Waals surface area (Å²) >= 11 is 0. The third-order valence-electron chi connectivity index (χ3n) is 8.72. The van der Waals surface area contributed by atoms with Crippen LogP contribution >= 0.6 is 0 Å². The molecule has 16 nitrogen and oxygen atoms in total. The lowest BCUT2D eigenvalue weighted by Crippen LogP contribution is -2.53. The number of anilines is 1. The number of amides is 2. The summed E-state index contributed by atoms with van der Waals surface area (Å²) in [5, 5.41) is 27.5. The maximum Gasteiger partial charge on any atom is 0.511 e. The van der Waals surface area contributed by atoms with Crippen molar-refractivity contribution in [2.24, 2.45) is 0 Å². The third kappa shape index (κ3) is 8.78. The molecule has 0 saturated carbocycles. The molecule has 0 radical (unpaired) electrons. The maximum absolute atomic E-state index is 15.3. The van der Waals surface area contributed by atoms with Crippen LogP contribution in [-0.2, 0) is 44.5 Å². The van der Waals surface area contributed by atoms with Crippen molar-refractivity contribution in [3.63, 3.8) is 0 Å². The Morgan fingerprint density at radius 3 is 2.51 bits per heavy atom. The first-order chi connectivity index (χ1) is 25.6. The van der Waals surface area contributed by atoms with E-state index in [-0.39, 0.29) is 58.0 Å². The molecule has 1 N–H and O–H groups in total. The fourth-order valence-electron chi connectivity index (χ4n) is 5.87. The summed E-state index contributed by atoms with van der Waals surface area (Å²) in [7, 11) is 0. The minimum Gasteiger partial charge on any atom is -0.461 e. The van der Waals surface area contributed by atoms with Crippen molar-refractivity contribution in [1.82, 2.24) is 34.9 Å². The molecule has 1 saturated heterocycles. The van der Waals surface area contributed by atoms with Gasteiger partial charge in [-0.1, -0.05) is 36.4 Å². The van der Waals surface area contributed by atoms with E-state index in [1.807, 2.05) is 30.3 Å². The summed E-state index contributed by atoms with van der Waals surface area (Å²) in [5.41, 5.74) is -0.206. The van der Waals surface area contributed by atoms with Crippen molar-refractivity contribution < 1.29 is 47.0 Å². The van der Waals surface area contributed by atoms with Crippen molar-refractivity contribution in [3.8, 4) is 5.69 Å². The molecule has 0 unspecified atom stereocenters. The van der Waals surface area contributed by atoms with Crippen LogP contribution in [0.2, 0.25) is 0 Å². The van der Waals surface area contributed by atoms with Gasteiger partial charge < -0.3 is 24.2 Å². The normalized spacial score (nSPS) is 14.5. The van der Waals surface area contributed by atoms with Crippen LogP contribution in [0, 0.1) is 11.6 Å². The Morgan fingerprint density at radius 2 is 1.77 bits per heavy atom. The van der Waals surface area contributed by atoms with Crippen molar-refractivity contribution in [3.05, 3.63) is 115 Å². The number of aliphatic hydroxyl groups is 1. The van der Waals surface area contributed by atoms with Crippen LogP contribution in [0.1, 0.15) is 30.9 Å². The topological polar surface area (TPSA) is 171 Å². The molecule has 0 bridgehead atoms. The van der Waals surface area contributed by atoms with E-state index >= 15 is 4.39 Å². The molecule has 18 heteroatoms. The fourth-order valence-corrected chi connectivity index (χ4v) is 5.87. The Kier molecular flexibility index (Phi) is 11.3. The van der Waals surface area contributed by atoms with Crippen molar-refractivity contribution >= 4 is 23.8 Å². The average molecular weight is 733 g/mol. The van der Waals surface area contributed by atoms with Gasteiger partial charge in [0.2, 0.25) is 13.1 Å². The number of hydrogen-bond acceptors (Lipinski definition) is 11. The molecule has 2 aromatic heterocycles. The summed E-state index contributed by atoms with van der Waals surface area (Å²) in [6, 6.07) is 17.6. The number of halogens is 2. The molecule has 1 fully saturated rings. The first-order valence-electron chi connectivity index (χ1n) is 16.6. The predicted molar refractivity (Wildman–Crippen MR) is 179 cm³/mol. The van der Waals surface area contributed by atoms with E-state index in [1.165, 1.54) is 42.7 Å². The average Bonchev–Trinajstić information content (AvgIpc) is 3.94. The molecule has 0 spiro atoms. The Bertz CT molecular complexity index is 2020. The summed E-state index contributed by atoms with van der Waals surface area (Å²) in [4.78, 5) is 40.8. The standard InChI is InChI=1S/C35H36F2N9O7/c1-25(44-15-16-45(33(44)48)28-10-12-29(13-11-28)46-21-38-40-41-46)35(50,30-14-9-27(36)18-31(30)37)20-43-23-42(22-39-43)24-53-34(49)51-17-5-8-32(47)52-19-26-6-3-2-4-7-26/h2-4,6-7,9-14,18,21-23,25,50H,5,8,15-17,19-20,24H2,1H3/q+1/t25-,35-/m1/s1. The lowest BCUT2D eigenvalue weighted by Gasteiger charge is -2.38. The van der Waals surface area contributed by atoms with E-state index < -0.39 is 41.4 Å². The van der Waals surface area contributed by atoms with Gasteiger partial charge in [-0.15, -0.1) is 9.78 Å². The van der Waals surface area contributed by atoms with Gasteiger partial charge in [-0.25, -0.2) is 27.6 Å². The van der Waals surface area contributed by atoms with Crippen LogP contribution in [0.15, 0.2) is 91.8 Å². The number of hydrogen-bond donors (Lipinski definition) is 1. The number of urea groups is 1. The second kappa shape index (κ2) is 16.4. The Morgan fingerprint density at radius 1 is 1.00 bits per heavy atom. The number of ether oxygens (including phenoxy) is 3. The van der Waals surface area contributed by atoms with Gasteiger partial charge in [0, 0.05) is 41.9 Å². The highest BCUT2D eigenvalue weighted by Crippen LogP contribution is 2.35. The molecule has 0 aliphatic carbocycles. The zero-order valence-electron chi connectivity index (χ0n) is 28.6. The van der Waals surface area contributed by atoms with E-state index in [1.54, 1.807) is 31.2 Å². The number of carbonyl (C=O) groups is 3. The zero-order valence-corrected chi connectivity index (χ0v) is 28.6. The lowest BCUT2D eigenvalue weighted by molar-refractivity contribution is -0.728. The minimum absolute atomic E-state index is 0.0503. The van der Waals surface area contributed by atoms with Gasteiger partial charge in [-0.2, -0.15) is 0 Å². The van der Waals surface area contributed by atoms with Gasteiger partial charge in [0.1, 0.15) is 36.7 Å². The number of nitrogens with zero attached hydrogens (tertiary/aromatic N) is 9. The number of rotatable bonds is 15. The maximum atomic E-state index is 15.3. The molecular formula is C35H36F2N9O7+. The zero-order chi connectivity index (χ0) is 37.4. The predicted octanol–water partition coefficient (Wildman–Crippen LogP) is 3.28. The number of benzene rings is 3. The molecule has 1 aliphatic rings. The number of carbonyl (C=O) groups excluding carboxylic acids is 3. The third-order valence-corrected chi connectivity index (χ3v) is 8.72. The number of aromatic nitrogens is 7. The Labute approximate surface area is 301 Å². The molecule has 3 aromatic carbocycles. The van der Waals surface area contributed by atoms with Crippen molar-refractivity contribution in [2.75, 3.05) is 24.6 Å².